The van der Waals surface area contributed by atoms with Crippen molar-refractivity contribution >= 4 is 11.9 Å². The van der Waals surface area contributed by atoms with E-state index in [1.165, 1.54) is 41.5 Å². The van der Waals surface area contributed by atoms with E-state index in [4.69, 9.17) is 28.4 Å². The lowest BCUT2D eigenvalue weighted by atomic mass is 9.67. The Morgan fingerprint density at radius 1 is 0.415 bits per heavy atom. The van der Waals surface area contributed by atoms with Crippen LogP contribution in [0.15, 0.2) is 24.3 Å². The first-order valence-electron chi connectivity index (χ1n) is 25.7. The molecule has 0 rings (SSSR count). The lowest BCUT2D eigenvalue weighted by Gasteiger charge is -2.56. The lowest BCUT2D eigenvalue weighted by Crippen LogP contribution is -2.72. The van der Waals surface area contributed by atoms with Crippen LogP contribution in [0.3, 0.4) is 0 Å². The summed E-state index contributed by atoms with van der Waals surface area (Å²) in [5.41, 5.74) is -35.2. The van der Waals surface area contributed by atoms with Crippen LogP contribution in [-0.4, -0.2) is 143 Å². The fourth-order valence-corrected chi connectivity index (χ4v) is 9.30. The number of ether oxygens (including phenoxy) is 6. The van der Waals surface area contributed by atoms with Crippen molar-refractivity contribution in [3.05, 3.63) is 24.3 Å². The predicted molar refractivity (Wildman–Crippen MR) is 275 cm³/mol. The van der Waals surface area contributed by atoms with Crippen LogP contribution in [0.25, 0.3) is 0 Å². The highest BCUT2D eigenvalue weighted by Crippen LogP contribution is 2.56. The van der Waals surface area contributed by atoms with Crippen molar-refractivity contribution in [1.82, 2.24) is 0 Å². The van der Waals surface area contributed by atoms with E-state index in [-0.39, 0.29) is 30.6 Å². The van der Waals surface area contributed by atoms with Crippen LogP contribution in [0.5, 0.6) is 0 Å². The molecule has 0 fully saturated rings. The topological polar surface area (TPSA) is 170 Å². The van der Waals surface area contributed by atoms with Gasteiger partial charge < -0.3 is 48.8 Å². The van der Waals surface area contributed by atoms with Gasteiger partial charge in [-0.3, -0.25) is 0 Å². The fraction of sp³-hybridized carbons (Fsp3) is 0.891. The van der Waals surface area contributed by atoms with Crippen molar-refractivity contribution in [2.75, 3.05) is 6.61 Å². The van der Waals surface area contributed by atoms with Gasteiger partial charge in [0.2, 0.25) is 0 Å². The molecule has 0 aliphatic carbocycles. The third kappa shape index (κ3) is 18.1. The summed E-state index contributed by atoms with van der Waals surface area (Å²) in [6.45, 7) is 36.3. The molecule has 12 nitrogen and oxygen atoms in total. The molecule has 0 saturated carbocycles. The number of hydrogen-bond acceptors (Lipinski definition) is 12. The maximum atomic E-state index is 13.8. The Labute approximate surface area is 473 Å². The number of hydrogen-bond donors (Lipinski definition) is 4. The highest BCUT2D eigenvalue weighted by molar-refractivity contribution is 5.87. The highest BCUT2D eigenvalue weighted by atomic mass is 19.4. The third-order valence-corrected chi connectivity index (χ3v) is 15.5. The minimum atomic E-state index is -6.25. The van der Waals surface area contributed by atoms with Gasteiger partial charge in [-0.05, 0) is 170 Å². The van der Waals surface area contributed by atoms with E-state index < -0.39 is 133 Å². The number of rotatable bonds is 25. The van der Waals surface area contributed by atoms with Crippen molar-refractivity contribution in [1.29, 1.82) is 0 Å². The summed E-state index contributed by atoms with van der Waals surface area (Å²) in [7, 11) is 0. The largest absolute Gasteiger partial charge is 0.462 e. The third-order valence-electron chi connectivity index (χ3n) is 15.5. The van der Waals surface area contributed by atoms with Crippen LogP contribution in [0.1, 0.15) is 186 Å². The number of aliphatic hydroxyl groups is 4. The number of esters is 2. The quantitative estimate of drug-likeness (QED) is 0.0388. The van der Waals surface area contributed by atoms with Gasteiger partial charge in [-0.1, -0.05) is 40.9 Å². The Balaban J connectivity index is 0. The molecule has 0 heterocycles. The van der Waals surface area contributed by atoms with E-state index in [1.54, 1.807) is 55.4 Å². The Kier molecular flexibility index (Phi) is 24.1. The smallest absolute Gasteiger partial charge is 0.429 e. The summed E-state index contributed by atoms with van der Waals surface area (Å²) in [6, 6.07) is 0. The van der Waals surface area contributed by atoms with E-state index in [0.29, 0.717) is 34.6 Å². The lowest BCUT2D eigenvalue weighted by molar-refractivity contribution is -0.425. The van der Waals surface area contributed by atoms with E-state index in [0.717, 1.165) is 41.5 Å². The van der Waals surface area contributed by atoms with Crippen molar-refractivity contribution < 1.29 is 124 Å². The average Bonchev–Trinajstić information content (AvgIpc) is 3.16. The summed E-state index contributed by atoms with van der Waals surface area (Å²) >= 11 is 0. The zero-order valence-electron chi connectivity index (χ0n) is 51.9. The molecule has 0 aromatic heterocycles. The number of alkyl halides is 15. The molecular weight excluding hydrogens is 1140 g/mol. The standard InChI is InChI=1S/C29H50F6O6.C26H41F9O6/c1-18(2)20(36)39-17-21(3,4)15-19(16-22(5,6)40-25(11,12)24(9,10)37)23(7,8)41-26(13,14)27(38,28(30,31)32)29(33,34)35;1-14(2)15(36)39-16(18(5,6)40-20(9,10)22(13,37)24(27,28)29)17(3,4)19(7,8)41-21(11,12)23(38,25(30,31)32)26(33,34)35/h19,37-38H,1,15-17H2,2-14H3;16,37-38H,1H2,2-13H3. The van der Waals surface area contributed by atoms with Crippen LogP contribution in [0.4, 0.5) is 65.9 Å². The van der Waals surface area contributed by atoms with Crippen LogP contribution in [0.2, 0.25) is 0 Å². The van der Waals surface area contributed by atoms with Gasteiger partial charge in [0.1, 0.15) is 28.5 Å². The van der Waals surface area contributed by atoms with Crippen molar-refractivity contribution in [2.24, 2.45) is 16.7 Å². The Morgan fingerprint density at radius 3 is 1.05 bits per heavy atom. The van der Waals surface area contributed by atoms with Gasteiger partial charge in [0, 0.05) is 16.6 Å². The molecule has 4 N–H and O–H groups in total. The number of carbonyl (C=O) groups is 2. The molecule has 3 atom stereocenters. The summed E-state index contributed by atoms with van der Waals surface area (Å²) < 4.78 is 240. The summed E-state index contributed by atoms with van der Waals surface area (Å²) in [6.07, 6.45) is -31.5. The molecule has 0 bridgehead atoms. The van der Waals surface area contributed by atoms with Crippen LogP contribution in [0, 0.1) is 16.7 Å². The molecule has 0 aromatic rings. The molecule has 488 valence electrons. The van der Waals surface area contributed by atoms with Crippen molar-refractivity contribution in [2.45, 2.75) is 290 Å². The molecule has 0 spiro atoms. The SMILES string of the molecule is C=C(C)C(=O)OC(C(C)(C)OC(C)(C)C(C)(O)C(F)(F)F)C(C)(C)C(C)(C)OC(C)(C)C(O)(C(F)(F)F)C(F)(F)F.C=C(C)C(=O)OCC(C)(C)CC(CC(C)(C)OC(C)(C)C(C)(C)O)C(C)(C)OC(C)(C)C(O)(C(F)(F)F)C(F)(F)F. The summed E-state index contributed by atoms with van der Waals surface area (Å²) in [5, 5.41) is 41.1. The second-order valence-corrected chi connectivity index (χ2v) is 27.4. The molecule has 0 radical (unpaired) electrons. The van der Waals surface area contributed by atoms with Crippen LogP contribution >= 0.6 is 0 Å². The molecular formula is C55H91F15O12. The minimum absolute atomic E-state index is 0.0456. The van der Waals surface area contributed by atoms with Crippen LogP contribution in [-0.2, 0) is 38.0 Å². The molecule has 0 aromatic carbocycles. The van der Waals surface area contributed by atoms with Gasteiger partial charge in [-0.25, -0.2) is 9.59 Å². The summed E-state index contributed by atoms with van der Waals surface area (Å²) in [5.74, 6) is -2.57. The Morgan fingerprint density at radius 2 is 0.744 bits per heavy atom. The van der Waals surface area contributed by atoms with E-state index in [9.17, 15) is 95.9 Å². The molecule has 27 heteroatoms. The van der Waals surface area contributed by atoms with E-state index >= 15 is 0 Å². The molecule has 0 saturated heterocycles. The number of carbonyl (C=O) groups excluding carboxylic acids is 2. The molecule has 0 amide bonds. The zero-order chi connectivity index (χ0) is 67.3. The second-order valence-electron chi connectivity index (χ2n) is 27.4. The molecule has 0 aliphatic heterocycles. The zero-order valence-corrected chi connectivity index (χ0v) is 51.9. The van der Waals surface area contributed by atoms with E-state index in [2.05, 4.69) is 13.2 Å². The van der Waals surface area contributed by atoms with Gasteiger partial charge in [0.05, 0.1) is 34.6 Å². The maximum Gasteiger partial charge on any atom is 0.429 e. The highest BCUT2D eigenvalue weighted by Gasteiger charge is 2.80. The second kappa shape index (κ2) is 24.3. The minimum Gasteiger partial charge on any atom is -0.462 e. The number of halogens is 15. The van der Waals surface area contributed by atoms with Gasteiger partial charge in [-0.2, -0.15) is 65.9 Å². The van der Waals surface area contributed by atoms with Crippen molar-refractivity contribution in [3.8, 4) is 0 Å². The summed E-state index contributed by atoms with van der Waals surface area (Å²) in [4.78, 5) is 24.6. The molecule has 3 unspecified atom stereocenters. The fourth-order valence-electron chi connectivity index (χ4n) is 9.30. The first-order valence-corrected chi connectivity index (χ1v) is 25.7. The van der Waals surface area contributed by atoms with Crippen LogP contribution < -0.4 is 0 Å². The van der Waals surface area contributed by atoms with Gasteiger partial charge in [0.25, 0.3) is 11.2 Å². The Bertz CT molecular complexity index is 2170. The maximum absolute atomic E-state index is 13.8. The van der Waals surface area contributed by atoms with Gasteiger partial charge >= 0.3 is 42.8 Å². The Hall–Kier alpha value is -2.95. The molecule has 0 aliphatic rings. The normalized spacial score (nSPS) is 16.8. The van der Waals surface area contributed by atoms with E-state index in [1.807, 2.05) is 0 Å². The first-order chi connectivity index (χ1) is 34.9. The van der Waals surface area contributed by atoms with Gasteiger partial charge in [-0.15, -0.1) is 0 Å². The van der Waals surface area contributed by atoms with Crippen molar-refractivity contribution in [3.63, 3.8) is 0 Å². The predicted octanol–water partition coefficient (Wildman–Crippen LogP) is 14.1. The molecule has 82 heavy (non-hydrogen) atoms. The van der Waals surface area contributed by atoms with Gasteiger partial charge in [0.15, 0.2) is 5.60 Å². The first kappa shape index (κ1) is 81.1. The average molecular weight is 1230 g/mol. The monoisotopic (exact) mass is 1230 g/mol.